The largest absolute Gasteiger partial charge is 0.507 e. The maximum Gasteiger partial charge on any atom is 0.295 e. The van der Waals surface area contributed by atoms with Crippen LogP contribution in [0.1, 0.15) is 29.7 Å². The molecule has 2 aromatic carbocycles. The minimum Gasteiger partial charge on any atom is -0.507 e. The Hall–Kier alpha value is -2.87. The molecular weight excluding hydrogens is 456 g/mol. The highest BCUT2D eigenvalue weighted by Crippen LogP contribution is 2.41. The van der Waals surface area contributed by atoms with Crippen LogP contribution in [0.25, 0.3) is 5.76 Å². The van der Waals surface area contributed by atoms with Crippen molar-refractivity contribution in [2.45, 2.75) is 25.5 Å². The number of carbonyl (C=O) groups is 2. The summed E-state index contributed by atoms with van der Waals surface area (Å²) < 4.78 is 11.2. The third-order valence-corrected chi connectivity index (χ3v) is 6.87. The Bertz CT molecular complexity index is 1160. The molecule has 8 heteroatoms. The number of carbonyl (C=O) groups excluding carboxylic acids is 2. The molecule has 178 valence electrons. The van der Waals surface area contributed by atoms with Gasteiger partial charge in [-0.3, -0.25) is 14.5 Å². The number of ketones is 1. The van der Waals surface area contributed by atoms with E-state index in [0.29, 0.717) is 42.5 Å². The first-order valence-corrected chi connectivity index (χ1v) is 11.9. The van der Waals surface area contributed by atoms with Gasteiger partial charge in [0.25, 0.3) is 11.7 Å². The third kappa shape index (κ3) is 4.31. The lowest BCUT2D eigenvalue weighted by Crippen LogP contribution is -2.42. The van der Waals surface area contributed by atoms with Gasteiger partial charge in [0, 0.05) is 43.2 Å². The van der Waals surface area contributed by atoms with E-state index in [1.807, 2.05) is 19.1 Å². The number of hydrogen-bond acceptors (Lipinski definition) is 6. The quantitative estimate of drug-likeness (QED) is 0.399. The number of Topliss-reactive ketones (excluding diaryl/α,β-unsaturated/α-hetero) is 1. The maximum absolute atomic E-state index is 13.2. The van der Waals surface area contributed by atoms with Crippen LogP contribution in [0.4, 0.5) is 0 Å². The van der Waals surface area contributed by atoms with Crippen LogP contribution in [0, 0.1) is 0 Å². The van der Waals surface area contributed by atoms with Crippen molar-refractivity contribution in [1.82, 2.24) is 9.80 Å². The summed E-state index contributed by atoms with van der Waals surface area (Å²) in [6.45, 7) is 5.81. The van der Waals surface area contributed by atoms with Crippen molar-refractivity contribution >= 4 is 29.1 Å². The highest BCUT2D eigenvalue weighted by Gasteiger charge is 2.46. The number of hydrogen-bond donors (Lipinski definition) is 1. The summed E-state index contributed by atoms with van der Waals surface area (Å²) in [5.41, 5.74) is 2.24. The zero-order valence-corrected chi connectivity index (χ0v) is 19.8. The molecule has 0 unspecified atom stereocenters. The molecule has 2 aromatic rings. The SMILES string of the molecule is C[C@H]1Cc2cc(/C(O)=C3\C(=O)C(=O)N(CCN4CCOCC4)[C@@H]3c3cccc(Cl)c3)ccc2O1. The Labute approximate surface area is 203 Å². The predicted octanol–water partition coefficient (Wildman–Crippen LogP) is 3.42. The topological polar surface area (TPSA) is 79.3 Å². The summed E-state index contributed by atoms with van der Waals surface area (Å²) in [5.74, 6) is -0.701. The average molecular weight is 483 g/mol. The first-order chi connectivity index (χ1) is 16.4. The van der Waals surface area contributed by atoms with Crippen LogP contribution in [-0.2, 0) is 20.7 Å². The molecule has 3 aliphatic heterocycles. The van der Waals surface area contributed by atoms with Crippen LogP contribution >= 0.6 is 11.6 Å². The molecule has 1 N–H and O–H groups in total. The standard InChI is InChI=1S/C26H27ClN2O5/c1-16-13-19-14-18(5-6-21(19)34-16)24(30)22-23(17-3-2-4-20(27)15-17)29(26(32)25(22)31)8-7-28-9-11-33-12-10-28/h2-6,14-16,23,30H,7-13H2,1H3/b24-22+/t16-,23+/m0/s1. The van der Waals surface area contributed by atoms with Gasteiger partial charge in [0.15, 0.2) is 0 Å². The zero-order chi connectivity index (χ0) is 23.8. The first kappa shape index (κ1) is 22.9. The van der Waals surface area contributed by atoms with Crippen LogP contribution in [0.15, 0.2) is 48.0 Å². The van der Waals surface area contributed by atoms with E-state index in [-0.39, 0.29) is 17.4 Å². The highest BCUT2D eigenvalue weighted by atomic mass is 35.5. The second-order valence-electron chi connectivity index (χ2n) is 8.96. The lowest BCUT2D eigenvalue weighted by Gasteiger charge is -2.31. The van der Waals surface area contributed by atoms with Crippen molar-refractivity contribution in [2.24, 2.45) is 0 Å². The van der Waals surface area contributed by atoms with Gasteiger partial charge < -0.3 is 19.5 Å². The molecule has 0 aliphatic carbocycles. The molecule has 0 radical (unpaired) electrons. The van der Waals surface area contributed by atoms with Crippen LogP contribution < -0.4 is 4.74 Å². The van der Waals surface area contributed by atoms with Crippen LogP contribution in [0.2, 0.25) is 5.02 Å². The molecule has 0 saturated carbocycles. The number of halogens is 1. The number of ether oxygens (including phenoxy) is 2. The molecule has 0 bridgehead atoms. The number of morpholine rings is 1. The number of aliphatic hydroxyl groups is 1. The van der Waals surface area contributed by atoms with E-state index in [1.165, 1.54) is 0 Å². The summed E-state index contributed by atoms with van der Waals surface area (Å²) in [4.78, 5) is 30.2. The van der Waals surface area contributed by atoms with Gasteiger partial charge in [-0.25, -0.2) is 0 Å². The van der Waals surface area contributed by atoms with E-state index >= 15 is 0 Å². The monoisotopic (exact) mass is 482 g/mol. The average Bonchev–Trinajstić information content (AvgIpc) is 3.33. The molecule has 0 aromatic heterocycles. The fraction of sp³-hybridized carbons (Fsp3) is 0.385. The van der Waals surface area contributed by atoms with Crippen molar-refractivity contribution in [3.05, 3.63) is 69.8 Å². The molecule has 3 aliphatic rings. The van der Waals surface area contributed by atoms with Gasteiger partial charge in [0.1, 0.15) is 17.6 Å². The number of fused-ring (bicyclic) bond motifs is 1. The van der Waals surface area contributed by atoms with Crippen molar-refractivity contribution in [2.75, 3.05) is 39.4 Å². The van der Waals surface area contributed by atoms with Gasteiger partial charge in [0.05, 0.1) is 24.8 Å². The maximum atomic E-state index is 13.2. The van der Waals surface area contributed by atoms with Gasteiger partial charge in [-0.05, 0) is 48.4 Å². The number of amides is 1. The van der Waals surface area contributed by atoms with Gasteiger partial charge >= 0.3 is 0 Å². The minimum atomic E-state index is -0.719. The summed E-state index contributed by atoms with van der Waals surface area (Å²) in [7, 11) is 0. The molecule has 0 spiro atoms. The van der Waals surface area contributed by atoms with Gasteiger partial charge in [-0.1, -0.05) is 23.7 Å². The van der Waals surface area contributed by atoms with Gasteiger partial charge in [-0.15, -0.1) is 0 Å². The number of benzene rings is 2. The molecule has 2 fully saturated rings. The summed E-state index contributed by atoms with van der Waals surface area (Å²) >= 11 is 6.26. The zero-order valence-electron chi connectivity index (χ0n) is 19.0. The third-order valence-electron chi connectivity index (χ3n) is 6.63. The highest BCUT2D eigenvalue weighted by molar-refractivity contribution is 6.46. The van der Waals surface area contributed by atoms with Crippen molar-refractivity contribution in [3.8, 4) is 5.75 Å². The molecular formula is C26H27ClN2O5. The Morgan fingerprint density at radius 1 is 1.12 bits per heavy atom. The first-order valence-electron chi connectivity index (χ1n) is 11.6. The smallest absolute Gasteiger partial charge is 0.295 e. The predicted molar refractivity (Wildman–Crippen MR) is 128 cm³/mol. The van der Waals surface area contributed by atoms with E-state index in [0.717, 1.165) is 30.8 Å². The molecule has 5 rings (SSSR count). The molecule has 7 nitrogen and oxygen atoms in total. The van der Waals surface area contributed by atoms with E-state index in [1.54, 1.807) is 35.2 Å². The number of nitrogens with zero attached hydrogens (tertiary/aromatic N) is 2. The van der Waals surface area contributed by atoms with Crippen LogP contribution in [0.5, 0.6) is 5.75 Å². The van der Waals surface area contributed by atoms with Gasteiger partial charge in [0.2, 0.25) is 0 Å². The molecule has 1 amide bonds. The Morgan fingerprint density at radius 3 is 2.68 bits per heavy atom. The van der Waals surface area contributed by atoms with E-state index in [9.17, 15) is 14.7 Å². The van der Waals surface area contributed by atoms with E-state index in [4.69, 9.17) is 21.1 Å². The summed E-state index contributed by atoms with van der Waals surface area (Å²) in [5, 5.41) is 11.8. The number of aliphatic hydroxyl groups excluding tert-OH is 1. The second kappa shape index (κ2) is 9.41. The Morgan fingerprint density at radius 2 is 1.91 bits per heavy atom. The molecule has 2 atom stereocenters. The fourth-order valence-corrected chi connectivity index (χ4v) is 5.13. The van der Waals surface area contributed by atoms with E-state index in [2.05, 4.69) is 4.90 Å². The Kier molecular flexibility index (Phi) is 6.34. The molecule has 3 heterocycles. The number of likely N-dealkylation sites (tertiary alicyclic amines) is 1. The van der Waals surface area contributed by atoms with Crippen LogP contribution in [0.3, 0.4) is 0 Å². The van der Waals surface area contributed by atoms with Crippen LogP contribution in [-0.4, -0.2) is 72.1 Å². The lowest BCUT2D eigenvalue weighted by molar-refractivity contribution is -0.140. The second-order valence-corrected chi connectivity index (χ2v) is 9.39. The summed E-state index contributed by atoms with van der Waals surface area (Å²) in [6.07, 6.45) is 0.784. The minimum absolute atomic E-state index is 0.0598. The van der Waals surface area contributed by atoms with Crippen molar-refractivity contribution in [3.63, 3.8) is 0 Å². The van der Waals surface area contributed by atoms with Gasteiger partial charge in [-0.2, -0.15) is 0 Å². The Balaban J connectivity index is 1.53. The molecule has 2 saturated heterocycles. The number of rotatable bonds is 5. The fourth-order valence-electron chi connectivity index (χ4n) is 4.93. The summed E-state index contributed by atoms with van der Waals surface area (Å²) in [6, 6.07) is 11.7. The molecule has 34 heavy (non-hydrogen) atoms. The lowest BCUT2D eigenvalue weighted by atomic mass is 9.94. The van der Waals surface area contributed by atoms with Crippen molar-refractivity contribution < 1.29 is 24.2 Å². The van der Waals surface area contributed by atoms with E-state index < -0.39 is 17.7 Å². The van der Waals surface area contributed by atoms with Crippen molar-refractivity contribution in [1.29, 1.82) is 0 Å². The normalized spacial score (nSPS) is 24.4.